The van der Waals surface area contributed by atoms with Crippen molar-refractivity contribution in [2.24, 2.45) is 0 Å². The molecule has 1 amide bonds. The van der Waals surface area contributed by atoms with Crippen molar-refractivity contribution in [3.63, 3.8) is 0 Å². The van der Waals surface area contributed by atoms with E-state index in [4.69, 9.17) is 5.26 Å². The molecule has 0 spiro atoms. The molecule has 0 aliphatic carbocycles. The summed E-state index contributed by atoms with van der Waals surface area (Å²) in [6.07, 6.45) is 1.83. The number of nitriles is 1. The van der Waals surface area contributed by atoms with Gasteiger partial charge in [-0.2, -0.15) is 5.26 Å². The van der Waals surface area contributed by atoms with Crippen LogP contribution >= 0.6 is 31.9 Å². The minimum atomic E-state index is -0.290. The molecule has 0 aliphatic rings. The van der Waals surface area contributed by atoms with Crippen LogP contribution in [0.15, 0.2) is 21.2 Å². The van der Waals surface area contributed by atoms with Crippen LogP contribution in [0, 0.1) is 11.3 Å². The molecule has 0 radical (unpaired) electrons. The lowest BCUT2D eigenvalue weighted by molar-refractivity contribution is 0.0935. The van der Waals surface area contributed by atoms with E-state index in [2.05, 4.69) is 42.2 Å². The Balaban J connectivity index is 2.78. The number of nitrogens with zero attached hydrogens (tertiary/aromatic N) is 2. The van der Waals surface area contributed by atoms with Gasteiger partial charge in [-0.25, -0.2) is 4.98 Å². The zero-order valence-corrected chi connectivity index (χ0v) is 11.7. The molecule has 0 saturated heterocycles. The Labute approximate surface area is 110 Å². The Bertz CT molecular complexity index is 442. The Morgan fingerprint density at radius 2 is 2.38 bits per heavy atom. The first-order chi connectivity index (χ1) is 7.54. The van der Waals surface area contributed by atoms with E-state index < -0.39 is 0 Å². The van der Waals surface area contributed by atoms with Crippen LogP contribution in [0.5, 0.6) is 0 Å². The number of pyridine rings is 1. The number of amides is 1. The first-order valence-corrected chi connectivity index (χ1v) is 6.12. The topological polar surface area (TPSA) is 65.8 Å². The summed E-state index contributed by atoms with van der Waals surface area (Å²) in [7, 11) is 0. The molecule has 0 fully saturated rings. The quantitative estimate of drug-likeness (QED) is 0.914. The number of nitrogens with one attached hydrogen (secondary N) is 1. The molecule has 1 aromatic heterocycles. The number of hydrogen-bond acceptors (Lipinski definition) is 3. The number of carbonyl (C=O) groups is 1. The van der Waals surface area contributed by atoms with Crippen molar-refractivity contribution < 1.29 is 4.79 Å². The first-order valence-electron chi connectivity index (χ1n) is 4.53. The Hall–Kier alpha value is -0.930. The molecule has 0 bridgehead atoms. The summed E-state index contributed by atoms with van der Waals surface area (Å²) in [6.45, 7) is 1.77. The van der Waals surface area contributed by atoms with Crippen molar-refractivity contribution in [1.29, 1.82) is 5.26 Å². The molecule has 1 rings (SSSR count). The van der Waals surface area contributed by atoms with Crippen LogP contribution < -0.4 is 5.32 Å². The van der Waals surface area contributed by atoms with E-state index in [1.807, 2.05) is 6.07 Å². The van der Waals surface area contributed by atoms with Crippen LogP contribution in [-0.4, -0.2) is 16.9 Å². The SMILES string of the molecule is C[C@H](CC#N)NC(=O)c1ncc(Br)cc1Br. The number of halogens is 2. The largest absolute Gasteiger partial charge is 0.347 e. The molecular formula is C10H9Br2N3O. The smallest absolute Gasteiger partial charge is 0.271 e. The standard InChI is InChI=1S/C10H9Br2N3O/c1-6(2-3-13)15-10(16)9-8(12)4-7(11)5-14-9/h4-6H,2H2,1H3,(H,15,16)/t6-/m1/s1. The lowest BCUT2D eigenvalue weighted by Gasteiger charge is -2.10. The molecule has 16 heavy (non-hydrogen) atoms. The van der Waals surface area contributed by atoms with Gasteiger partial charge in [0.25, 0.3) is 5.91 Å². The van der Waals surface area contributed by atoms with E-state index in [0.717, 1.165) is 4.47 Å². The number of carbonyl (C=O) groups excluding carboxylic acids is 1. The Morgan fingerprint density at radius 3 is 2.94 bits per heavy atom. The molecule has 0 aliphatic heterocycles. The van der Waals surface area contributed by atoms with Crippen molar-refractivity contribution >= 4 is 37.8 Å². The minimum absolute atomic E-state index is 0.185. The molecule has 1 heterocycles. The summed E-state index contributed by atoms with van der Waals surface area (Å²) in [4.78, 5) is 15.7. The molecular weight excluding hydrogens is 338 g/mol. The molecule has 1 aromatic rings. The minimum Gasteiger partial charge on any atom is -0.347 e. The van der Waals surface area contributed by atoms with Crippen molar-refractivity contribution in [3.8, 4) is 6.07 Å². The van der Waals surface area contributed by atoms with Gasteiger partial charge in [0.1, 0.15) is 5.69 Å². The third-order valence-electron chi connectivity index (χ3n) is 1.80. The van der Waals surface area contributed by atoms with Crippen LogP contribution in [0.25, 0.3) is 0 Å². The van der Waals surface area contributed by atoms with Crippen molar-refractivity contribution in [3.05, 3.63) is 26.9 Å². The summed E-state index contributed by atoms with van der Waals surface area (Å²) >= 11 is 6.51. The Morgan fingerprint density at radius 1 is 1.69 bits per heavy atom. The highest BCUT2D eigenvalue weighted by atomic mass is 79.9. The van der Waals surface area contributed by atoms with Gasteiger partial charge in [-0.05, 0) is 44.8 Å². The number of hydrogen-bond donors (Lipinski definition) is 1. The van der Waals surface area contributed by atoms with Gasteiger partial charge < -0.3 is 5.32 Å². The van der Waals surface area contributed by atoms with Gasteiger partial charge in [0.05, 0.1) is 17.0 Å². The van der Waals surface area contributed by atoms with E-state index >= 15 is 0 Å². The van der Waals surface area contributed by atoms with E-state index in [9.17, 15) is 4.79 Å². The Kier molecular flexibility index (Phi) is 4.90. The second kappa shape index (κ2) is 5.97. The third-order valence-corrected chi connectivity index (χ3v) is 2.84. The fraction of sp³-hybridized carbons (Fsp3) is 0.300. The second-order valence-electron chi connectivity index (χ2n) is 3.22. The maximum Gasteiger partial charge on any atom is 0.271 e. The average molecular weight is 347 g/mol. The normalized spacial score (nSPS) is 11.6. The van der Waals surface area contributed by atoms with Crippen molar-refractivity contribution in [2.45, 2.75) is 19.4 Å². The average Bonchev–Trinajstić information content (AvgIpc) is 2.17. The van der Waals surface area contributed by atoms with E-state index in [1.54, 1.807) is 19.2 Å². The van der Waals surface area contributed by atoms with Gasteiger partial charge in [-0.15, -0.1) is 0 Å². The number of rotatable bonds is 3. The highest BCUT2D eigenvalue weighted by molar-refractivity contribution is 9.11. The highest BCUT2D eigenvalue weighted by Crippen LogP contribution is 2.19. The summed E-state index contributed by atoms with van der Waals surface area (Å²) in [5, 5.41) is 11.2. The molecule has 0 unspecified atom stereocenters. The zero-order valence-electron chi connectivity index (χ0n) is 8.50. The molecule has 1 N–H and O–H groups in total. The van der Waals surface area contributed by atoms with E-state index in [-0.39, 0.29) is 18.4 Å². The molecule has 84 valence electrons. The molecule has 1 atom stereocenters. The molecule has 0 saturated carbocycles. The lowest BCUT2D eigenvalue weighted by atomic mass is 10.2. The van der Waals surface area contributed by atoms with Crippen LogP contribution in [0.2, 0.25) is 0 Å². The summed E-state index contributed by atoms with van der Waals surface area (Å²) < 4.78 is 1.41. The maximum atomic E-state index is 11.7. The monoisotopic (exact) mass is 345 g/mol. The van der Waals surface area contributed by atoms with Gasteiger partial charge in [-0.1, -0.05) is 0 Å². The van der Waals surface area contributed by atoms with Gasteiger partial charge in [-0.3, -0.25) is 4.79 Å². The lowest BCUT2D eigenvalue weighted by Crippen LogP contribution is -2.33. The van der Waals surface area contributed by atoms with Crippen molar-refractivity contribution in [1.82, 2.24) is 10.3 Å². The van der Waals surface area contributed by atoms with Gasteiger partial charge in [0, 0.05) is 16.7 Å². The first kappa shape index (κ1) is 13.1. The van der Waals surface area contributed by atoms with Gasteiger partial charge in [0.2, 0.25) is 0 Å². The van der Waals surface area contributed by atoms with Crippen LogP contribution in [0.3, 0.4) is 0 Å². The predicted molar refractivity (Wildman–Crippen MR) is 66.8 cm³/mol. The van der Waals surface area contributed by atoms with Crippen LogP contribution in [0.1, 0.15) is 23.8 Å². The van der Waals surface area contributed by atoms with Crippen LogP contribution in [-0.2, 0) is 0 Å². The summed E-state index contributed by atoms with van der Waals surface area (Å²) in [5.74, 6) is -0.290. The van der Waals surface area contributed by atoms with Crippen molar-refractivity contribution in [2.75, 3.05) is 0 Å². The summed E-state index contributed by atoms with van der Waals surface area (Å²) in [6, 6.07) is 3.56. The molecule has 4 nitrogen and oxygen atoms in total. The zero-order chi connectivity index (χ0) is 12.1. The van der Waals surface area contributed by atoms with E-state index in [1.165, 1.54) is 0 Å². The number of aromatic nitrogens is 1. The van der Waals surface area contributed by atoms with E-state index in [0.29, 0.717) is 10.2 Å². The second-order valence-corrected chi connectivity index (χ2v) is 4.99. The third kappa shape index (κ3) is 3.58. The fourth-order valence-corrected chi connectivity index (χ4v) is 2.23. The summed E-state index contributed by atoms with van der Waals surface area (Å²) in [5.41, 5.74) is 0.313. The van der Waals surface area contributed by atoms with Gasteiger partial charge in [0.15, 0.2) is 0 Å². The van der Waals surface area contributed by atoms with Gasteiger partial charge >= 0.3 is 0 Å². The fourth-order valence-electron chi connectivity index (χ4n) is 1.06. The maximum absolute atomic E-state index is 11.7. The highest BCUT2D eigenvalue weighted by Gasteiger charge is 2.14. The molecule has 6 heteroatoms. The van der Waals surface area contributed by atoms with Crippen LogP contribution in [0.4, 0.5) is 0 Å². The molecule has 0 aromatic carbocycles. The predicted octanol–water partition coefficient (Wildman–Crippen LogP) is 2.64.